The lowest BCUT2D eigenvalue weighted by Crippen LogP contribution is -2.49. The summed E-state index contributed by atoms with van der Waals surface area (Å²) in [6.07, 6.45) is 1.47. The van der Waals surface area contributed by atoms with Crippen LogP contribution in [0, 0.1) is 5.82 Å². The zero-order chi connectivity index (χ0) is 13.2. The molecule has 0 unspecified atom stereocenters. The Morgan fingerprint density at radius 2 is 2.11 bits per heavy atom. The van der Waals surface area contributed by atoms with Crippen LogP contribution in [-0.4, -0.2) is 24.7 Å². The summed E-state index contributed by atoms with van der Waals surface area (Å²) in [6.45, 7) is 3.19. The van der Waals surface area contributed by atoms with Crippen LogP contribution in [0.4, 0.5) is 4.39 Å². The first-order chi connectivity index (χ1) is 8.50. The van der Waals surface area contributed by atoms with Gasteiger partial charge in [-0.25, -0.2) is 4.39 Å². The minimum absolute atomic E-state index is 0.0372. The fourth-order valence-corrected chi connectivity index (χ4v) is 2.18. The molecule has 1 aliphatic heterocycles. The fraction of sp³-hybridized carbons (Fsp3) is 0.462. The Kier molecular flexibility index (Phi) is 3.92. The summed E-state index contributed by atoms with van der Waals surface area (Å²) in [5.74, 6) is -0.922. The van der Waals surface area contributed by atoms with E-state index in [2.05, 4.69) is 17.9 Å². The van der Waals surface area contributed by atoms with Gasteiger partial charge >= 0.3 is 0 Å². The van der Waals surface area contributed by atoms with Crippen molar-refractivity contribution in [1.82, 2.24) is 5.32 Å². The Balaban J connectivity index is 2.14. The number of rotatable bonds is 2. The lowest BCUT2D eigenvalue weighted by Gasteiger charge is -2.34. The third-order valence-electron chi connectivity index (χ3n) is 3.21. The maximum atomic E-state index is 13.6. The number of hydrogen-bond donors (Lipinski definition) is 2. The molecule has 1 aromatic rings. The van der Waals surface area contributed by atoms with Gasteiger partial charge in [-0.15, -0.1) is 12.6 Å². The minimum Gasteiger partial charge on any atom is -0.381 e. The van der Waals surface area contributed by atoms with Crippen LogP contribution < -0.4 is 5.32 Å². The molecule has 0 radical (unpaired) electrons. The summed E-state index contributed by atoms with van der Waals surface area (Å²) in [5.41, 5.74) is -0.288. The highest BCUT2D eigenvalue weighted by atomic mass is 32.1. The topological polar surface area (TPSA) is 38.3 Å². The molecule has 1 aromatic carbocycles. The van der Waals surface area contributed by atoms with Gasteiger partial charge in [0.1, 0.15) is 5.82 Å². The van der Waals surface area contributed by atoms with E-state index < -0.39 is 11.7 Å². The van der Waals surface area contributed by atoms with E-state index in [4.69, 9.17) is 4.74 Å². The van der Waals surface area contributed by atoms with Crippen molar-refractivity contribution in [1.29, 1.82) is 0 Å². The van der Waals surface area contributed by atoms with Crippen LogP contribution in [0.15, 0.2) is 23.1 Å². The van der Waals surface area contributed by atoms with Gasteiger partial charge in [0.25, 0.3) is 5.91 Å². The van der Waals surface area contributed by atoms with E-state index in [1.807, 2.05) is 6.92 Å². The van der Waals surface area contributed by atoms with Crippen LogP contribution in [0.1, 0.15) is 30.1 Å². The Bertz CT molecular complexity index is 458. The van der Waals surface area contributed by atoms with Gasteiger partial charge in [-0.3, -0.25) is 4.79 Å². The molecule has 1 saturated heterocycles. The first kappa shape index (κ1) is 13.4. The van der Waals surface area contributed by atoms with Crippen molar-refractivity contribution >= 4 is 18.5 Å². The van der Waals surface area contributed by atoms with E-state index in [1.54, 1.807) is 0 Å². The zero-order valence-electron chi connectivity index (χ0n) is 10.2. The minimum atomic E-state index is -0.527. The van der Waals surface area contributed by atoms with Crippen LogP contribution in [0.3, 0.4) is 0 Å². The molecule has 3 nitrogen and oxygen atoms in total. The third kappa shape index (κ3) is 3.03. The lowest BCUT2D eigenvalue weighted by atomic mass is 9.92. The number of carbonyl (C=O) groups excluding carboxylic acids is 1. The number of halogens is 1. The Hall–Kier alpha value is -1.07. The third-order valence-corrected chi connectivity index (χ3v) is 3.48. The van der Waals surface area contributed by atoms with Crippen molar-refractivity contribution in [2.75, 3.05) is 13.2 Å². The first-order valence-electron chi connectivity index (χ1n) is 5.89. The number of nitrogens with one attached hydrogen (secondary N) is 1. The molecule has 18 heavy (non-hydrogen) atoms. The monoisotopic (exact) mass is 269 g/mol. The highest BCUT2D eigenvalue weighted by Gasteiger charge is 2.30. The maximum Gasteiger partial charge on any atom is 0.254 e. The summed E-state index contributed by atoms with van der Waals surface area (Å²) >= 11 is 4.12. The molecule has 0 spiro atoms. The largest absolute Gasteiger partial charge is 0.381 e. The Morgan fingerprint density at radius 3 is 2.78 bits per heavy atom. The molecule has 0 atom stereocenters. The van der Waals surface area contributed by atoms with Gasteiger partial charge in [0.05, 0.1) is 5.56 Å². The fourth-order valence-electron chi connectivity index (χ4n) is 1.98. The van der Waals surface area contributed by atoms with Crippen molar-refractivity contribution < 1.29 is 13.9 Å². The normalized spacial score (nSPS) is 18.4. The number of benzene rings is 1. The SMILES string of the molecule is CC1(NC(=O)c2cc(S)ccc2F)CCOCC1. The number of amides is 1. The summed E-state index contributed by atoms with van der Waals surface area (Å²) in [6, 6.07) is 4.21. The molecule has 0 aliphatic carbocycles. The van der Waals surface area contributed by atoms with Crippen LogP contribution in [-0.2, 0) is 4.74 Å². The summed E-state index contributed by atoms with van der Waals surface area (Å²) in [5, 5.41) is 2.89. The first-order valence-corrected chi connectivity index (χ1v) is 6.34. The van der Waals surface area contributed by atoms with Gasteiger partial charge in [-0.05, 0) is 38.0 Å². The van der Waals surface area contributed by atoms with Gasteiger partial charge in [-0.1, -0.05) is 0 Å². The van der Waals surface area contributed by atoms with Gasteiger partial charge in [0.15, 0.2) is 0 Å². The molecular formula is C13H16FNO2S. The van der Waals surface area contributed by atoms with Crippen molar-refractivity contribution in [3.63, 3.8) is 0 Å². The van der Waals surface area contributed by atoms with E-state index in [0.717, 1.165) is 12.8 Å². The predicted octanol–water partition coefficient (Wildman–Crippen LogP) is 2.41. The Labute approximate surface area is 111 Å². The molecular weight excluding hydrogens is 253 g/mol. The molecule has 0 bridgehead atoms. The zero-order valence-corrected chi connectivity index (χ0v) is 11.1. The van der Waals surface area contributed by atoms with Gasteiger partial charge in [-0.2, -0.15) is 0 Å². The molecule has 1 heterocycles. The van der Waals surface area contributed by atoms with Crippen molar-refractivity contribution in [3.05, 3.63) is 29.6 Å². The van der Waals surface area contributed by atoms with E-state index in [-0.39, 0.29) is 11.1 Å². The molecule has 1 amide bonds. The molecule has 1 aliphatic rings. The molecule has 0 aromatic heterocycles. The molecule has 1 fully saturated rings. The van der Waals surface area contributed by atoms with E-state index in [1.165, 1.54) is 18.2 Å². The standard InChI is InChI=1S/C13H16FNO2S/c1-13(4-6-17-7-5-13)15-12(16)10-8-9(18)2-3-11(10)14/h2-3,8,18H,4-7H2,1H3,(H,15,16). The summed E-state index contributed by atoms with van der Waals surface area (Å²) < 4.78 is 18.8. The number of ether oxygens (including phenoxy) is 1. The Morgan fingerprint density at radius 1 is 1.44 bits per heavy atom. The molecule has 1 N–H and O–H groups in total. The highest BCUT2D eigenvalue weighted by Crippen LogP contribution is 2.21. The average molecular weight is 269 g/mol. The summed E-state index contributed by atoms with van der Waals surface area (Å²) in [7, 11) is 0. The van der Waals surface area contributed by atoms with Gasteiger partial charge in [0.2, 0.25) is 0 Å². The van der Waals surface area contributed by atoms with Crippen LogP contribution in [0.2, 0.25) is 0 Å². The number of carbonyl (C=O) groups is 1. The maximum absolute atomic E-state index is 13.6. The van der Waals surface area contributed by atoms with Crippen LogP contribution in [0.5, 0.6) is 0 Å². The van der Waals surface area contributed by atoms with E-state index in [0.29, 0.717) is 18.1 Å². The van der Waals surface area contributed by atoms with Crippen molar-refractivity contribution in [2.45, 2.75) is 30.2 Å². The number of thiol groups is 1. The average Bonchev–Trinajstić information content (AvgIpc) is 2.32. The van der Waals surface area contributed by atoms with Crippen molar-refractivity contribution in [2.24, 2.45) is 0 Å². The molecule has 0 saturated carbocycles. The number of hydrogen-bond acceptors (Lipinski definition) is 3. The van der Waals surface area contributed by atoms with Gasteiger partial charge in [0, 0.05) is 23.6 Å². The van der Waals surface area contributed by atoms with Crippen molar-refractivity contribution in [3.8, 4) is 0 Å². The smallest absolute Gasteiger partial charge is 0.254 e. The summed E-state index contributed by atoms with van der Waals surface area (Å²) in [4.78, 5) is 12.6. The van der Waals surface area contributed by atoms with E-state index in [9.17, 15) is 9.18 Å². The van der Waals surface area contributed by atoms with Crippen LogP contribution in [0.25, 0.3) is 0 Å². The van der Waals surface area contributed by atoms with E-state index >= 15 is 0 Å². The second kappa shape index (κ2) is 5.28. The predicted molar refractivity (Wildman–Crippen MR) is 69.6 cm³/mol. The quantitative estimate of drug-likeness (QED) is 0.809. The lowest BCUT2D eigenvalue weighted by molar-refractivity contribution is 0.0421. The second-order valence-corrected chi connectivity index (χ2v) is 5.31. The molecule has 2 rings (SSSR count). The molecule has 5 heteroatoms. The second-order valence-electron chi connectivity index (χ2n) is 4.79. The highest BCUT2D eigenvalue weighted by molar-refractivity contribution is 7.80. The van der Waals surface area contributed by atoms with Gasteiger partial charge < -0.3 is 10.1 Å². The molecule has 98 valence electrons. The van der Waals surface area contributed by atoms with Crippen LogP contribution >= 0.6 is 12.6 Å².